The van der Waals surface area contributed by atoms with Crippen LogP contribution >= 0.6 is 0 Å². The summed E-state index contributed by atoms with van der Waals surface area (Å²) in [4.78, 5) is 18.8. The van der Waals surface area contributed by atoms with Crippen LogP contribution < -0.4 is 5.32 Å². The van der Waals surface area contributed by atoms with E-state index >= 15 is 0 Å². The Balaban J connectivity index is 2.20. The number of nitrogens with one attached hydrogen (secondary N) is 1. The van der Waals surface area contributed by atoms with Crippen molar-refractivity contribution in [2.75, 3.05) is 18.4 Å². The molecule has 1 heterocycles. The predicted octanol–water partition coefficient (Wildman–Crippen LogP) is 4.65. The molecule has 0 fully saturated rings. The number of pyridine rings is 1. The maximum atomic E-state index is 12.7. The van der Waals surface area contributed by atoms with Crippen molar-refractivity contribution in [3.63, 3.8) is 0 Å². The van der Waals surface area contributed by atoms with Crippen LogP contribution in [0.15, 0.2) is 42.6 Å². The Bertz CT molecular complexity index is 663. The molecular formula is C20H27N3O. The summed E-state index contributed by atoms with van der Waals surface area (Å²) < 4.78 is 0. The normalized spacial score (nSPS) is 10.5. The molecule has 4 nitrogen and oxygen atoms in total. The molecule has 1 N–H and O–H groups in total. The van der Waals surface area contributed by atoms with Crippen molar-refractivity contribution < 1.29 is 4.79 Å². The van der Waals surface area contributed by atoms with Crippen molar-refractivity contribution >= 4 is 17.3 Å². The summed E-state index contributed by atoms with van der Waals surface area (Å²) >= 11 is 0. The highest BCUT2D eigenvalue weighted by atomic mass is 16.2. The third-order valence-corrected chi connectivity index (χ3v) is 3.93. The van der Waals surface area contributed by atoms with Crippen molar-refractivity contribution in [3.05, 3.63) is 53.9 Å². The Labute approximate surface area is 144 Å². The lowest BCUT2D eigenvalue weighted by molar-refractivity contribution is 0.0749. The number of aryl methyl sites for hydroxylation is 1. The molecule has 0 aliphatic carbocycles. The van der Waals surface area contributed by atoms with Gasteiger partial charge in [-0.15, -0.1) is 0 Å². The van der Waals surface area contributed by atoms with E-state index in [1.165, 1.54) is 5.56 Å². The molecule has 4 heteroatoms. The van der Waals surface area contributed by atoms with Crippen molar-refractivity contribution in [2.45, 2.75) is 40.0 Å². The summed E-state index contributed by atoms with van der Waals surface area (Å²) in [5, 5.41) is 3.41. The van der Waals surface area contributed by atoms with Crippen molar-refractivity contribution in [1.82, 2.24) is 9.88 Å². The molecule has 0 saturated carbocycles. The Morgan fingerprint density at radius 2 is 1.79 bits per heavy atom. The van der Waals surface area contributed by atoms with Crippen LogP contribution in [0.25, 0.3) is 0 Å². The Kier molecular flexibility index (Phi) is 6.79. The molecule has 1 aromatic heterocycles. The van der Waals surface area contributed by atoms with Crippen LogP contribution in [0.4, 0.5) is 11.4 Å². The fraction of sp³-hybridized carbons (Fsp3) is 0.400. The predicted molar refractivity (Wildman–Crippen MR) is 99.8 cm³/mol. The molecule has 0 aliphatic heterocycles. The van der Waals surface area contributed by atoms with E-state index in [0.29, 0.717) is 5.69 Å². The number of carbonyl (C=O) groups is 1. The largest absolute Gasteiger partial charge is 0.355 e. The van der Waals surface area contributed by atoms with E-state index < -0.39 is 0 Å². The number of benzene rings is 1. The van der Waals surface area contributed by atoms with E-state index in [1.807, 2.05) is 29.2 Å². The lowest BCUT2D eigenvalue weighted by atomic mass is 10.1. The zero-order valence-corrected chi connectivity index (χ0v) is 14.9. The molecule has 0 spiro atoms. The van der Waals surface area contributed by atoms with Gasteiger partial charge in [-0.2, -0.15) is 0 Å². The molecule has 1 aromatic carbocycles. The lowest BCUT2D eigenvalue weighted by Crippen LogP contribution is -2.33. The lowest BCUT2D eigenvalue weighted by Gasteiger charge is -2.21. The molecule has 2 rings (SSSR count). The average Bonchev–Trinajstić information content (AvgIpc) is 2.61. The molecule has 0 unspecified atom stereocenters. The highest BCUT2D eigenvalue weighted by Crippen LogP contribution is 2.21. The van der Waals surface area contributed by atoms with Gasteiger partial charge in [-0.3, -0.25) is 9.78 Å². The van der Waals surface area contributed by atoms with Crippen molar-refractivity contribution in [1.29, 1.82) is 0 Å². The van der Waals surface area contributed by atoms with Gasteiger partial charge < -0.3 is 10.2 Å². The summed E-state index contributed by atoms with van der Waals surface area (Å²) in [6, 6.07) is 12.0. The number of para-hydroxylation sites is 1. The number of nitrogens with zero attached hydrogens (tertiary/aromatic N) is 2. The molecule has 0 radical (unpaired) electrons. The molecule has 24 heavy (non-hydrogen) atoms. The summed E-state index contributed by atoms with van der Waals surface area (Å²) in [6.07, 6.45) is 4.56. The number of hydrogen-bond donors (Lipinski definition) is 1. The van der Waals surface area contributed by atoms with Crippen molar-refractivity contribution in [3.8, 4) is 0 Å². The molecule has 2 aromatic rings. The average molecular weight is 325 g/mol. The fourth-order valence-electron chi connectivity index (χ4n) is 2.75. The van der Waals surface area contributed by atoms with Crippen LogP contribution in [0.5, 0.6) is 0 Å². The minimum absolute atomic E-state index is 0.00567. The van der Waals surface area contributed by atoms with Gasteiger partial charge in [0, 0.05) is 30.7 Å². The van der Waals surface area contributed by atoms with Crippen LogP contribution in [0.1, 0.15) is 49.7 Å². The van der Waals surface area contributed by atoms with Crippen LogP contribution in [0.3, 0.4) is 0 Å². The summed E-state index contributed by atoms with van der Waals surface area (Å²) in [5.74, 6) is 0.00567. The number of carbonyl (C=O) groups excluding carboxylic acids is 1. The number of anilines is 2. The molecule has 0 bridgehead atoms. The zero-order chi connectivity index (χ0) is 17.4. The van der Waals surface area contributed by atoms with Gasteiger partial charge in [0.25, 0.3) is 5.91 Å². The topological polar surface area (TPSA) is 45.2 Å². The SMILES string of the molecule is CCCN(CCC)C(=O)c1cc(Nc2ccccc2CC)ccn1. The van der Waals surface area contributed by atoms with Gasteiger partial charge in [-0.1, -0.05) is 39.0 Å². The molecule has 0 atom stereocenters. The van der Waals surface area contributed by atoms with Gasteiger partial charge in [0.05, 0.1) is 0 Å². The Morgan fingerprint density at radius 1 is 1.08 bits per heavy atom. The van der Waals surface area contributed by atoms with E-state index in [-0.39, 0.29) is 5.91 Å². The second-order valence-corrected chi connectivity index (χ2v) is 5.86. The summed E-state index contributed by atoms with van der Waals surface area (Å²) in [6.45, 7) is 7.84. The van der Waals surface area contributed by atoms with Crippen LogP contribution in [0.2, 0.25) is 0 Å². The second kappa shape index (κ2) is 9.06. The third-order valence-electron chi connectivity index (χ3n) is 3.93. The first-order chi connectivity index (χ1) is 11.7. The summed E-state index contributed by atoms with van der Waals surface area (Å²) in [7, 11) is 0. The van der Waals surface area contributed by atoms with Crippen LogP contribution in [0, 0.1) is 0 Å². The third kappa shape index (κ3) is 4.57. The first-order valence-corrected chi connectivity index (χ1v) is 8.79. The minimum Gasteiger partial charge on any atom is -0.355 e. The highest BCUT2D eigenvalue weighted by molar-refractivity contribution is 5.93. The monoisotopic (exact) mass is 325 g/mol. The van der Waals surface area contributed by atoms with Crippen molar-refractivity contribution in [2.24, 2.45) is 0 Å². The van der Waals surface area contributed by atoms with Gasteiger partial charge in [-0.05, 0) is 43.0 Å². The minimum atomic E-state index is 0.00567. The van der Waals surface area contributed by atoms with E-state index in [4.69, 9.17) is 0 Å². The molecule has 1 amide bonds. The van der Waals surface area contributed by atoms with Gasteiger partial charge in [0.2, 0.25) is 0 Å². The van der Waals surface area contributed by atoms with E-state index in [0.717, 1.165) is 43.7 Å². The maximum absolute atomic E-state index is 12.7. The first-order valence-electron chi connectivity index (χ1n) is 8.79. The van der Waals surface area contributed by atoms with E-state index in [2.05, 4.69) is 43.2 Å². The first kappa shape index (κ1) is 18.0. The quantitative estimate of drug-likeness (QED) is 0.768. The Morgan fingerprint density at radius 3 is 2.46 bits per heavy atom. The standard InChI is InChI=1S/C20H27N3O/c1-4-13-23(14-5-2)20(24)19-15-17(11-12-21-19)22-18-10-8-7-9-16(18)6-3/h7-12,15H,4-6,13-14H2,1-3H3,(H,21,22). The van der Waals surface area contributed by atoms with E-state index in [9.17, 15) is 4.79 Å². The smallest absolute Gasteiger partial charge is 0.272 e. The highest BCUT2D eigenvalue weighted by Gasteiger charge is 2.16. The summed E-state index contributed by atoms with van der Waals surface area (Å²) in [5.41, 5.74) is 3.71. The number of aromatic nitrogens is 1. The Hall–Kier alpha value is -2.36. The molecule has 128 valence electrons. The van der Waals surface area contributed by atoms with Crippen LogP contribution in [-0.4, -0.2) is 28.9 Å². The fourth-order valence-corrected chi connectivity index (χ4v) is 2.75. The molecular weight excluding hydrogens is 298 g/mol. The number of hydrogen-bond acceptors (Lipinski definition) is 3. The zero-order valence-electron chi connectivity index (χ0n) is 14.9. The molecule has 0 saturated heterocycles. The van der Waals surface area contributed by atoms with Gasteiger partial charge in [0.1, 0.15) is 5.69 Å². The van der Waals surface area contributed by atoms with Crippen LogP contribution in [-0.2, 0) is 6.42 Å². The van der Waals surface area contributed by atoms with Gasteiger partial charge in [-0.25, -0.2) is 0 Å². The van der Waals surface area contributed by atoms with Gasteiger partial charge in [0.15, 0.2) is 0 Å². The van der Waals surface area contributed by atoms with E-state index in [1.54, 1.807) is 6.20 Å². The van der Waals surface area contributed by atoms with Gasteiger partial charge >= 0.3 is 0 Å². The molecule has 0 aliphatic rings. The number of amides is 1. The maximum Gasteiger partial charge on any atom is 0.272 e. The second-order valence-electron chi connectivity index (χ2n) is 5.86. The number of rotatable bonds is 8.